The number of para-hydroxylation sites is 1. The molecule has 0 unspecified atom stereocenters. The lowest BCUT2D eigenvalue weighted by molar-refractivity contribution is -0.274. The van der Waals surface area contributed by atoms with Gasteiger partial charge in [0.25, 0.3) is 5.91 Å². The average molecular weight is 443 g/mol. The first-order chi connectivity index (χ1) is 15.2. The van der Waals surface area contributed by atoms with Gasteiger partial charge in [0.2, 0.25) is 0 Å². The number of ether oxygens (including phenoxy) is 2. The lowest BCUT2D eigenvalue weighted by Crippen LogP contribution is -2.18. The van der Waals surface area contributed by atoms with Gasteiger partial charge < -0.3 is 24.8 Å². The molecule has 0 saturated carbocycles. The number of carbonyl (C=O) groups excluding carboxylic acids is 1. The molecule has 0 atom stereocenters. The minimum atomic E-state index is -4.86. The molecule has 0 saturated heterocycles. The first kappa shape index (κ1) is 21.0. The smallest absolute Gasteiger partial charge is 0.455 e. The number of hydrogen-bond acceptors (Lipinski definition) is 4. The van der Waals surface area contributed by atoms with Crippen molar-refractivity contribution in [1.82, 2.24) is 9.97 Å². The van der Waals surface area contributed by atoms with Crippen LogP contribution in [0.15, 0.2) is 65.5 Å². The van der Waals surface area contributed by atoms with Gasteiger partial charge in [-0.3, -0.25) is 4.79 Å². The molecular formula is C22H16F3N3O4. The van der Waals surface area contributed by atoms with Crippen LogP contribution in [0.3, 0.4) is 0 Å². The Bertz CT molecular complexity index is 1360. The van der Waals surface area contributed by atoms with Crippen molar-refractivity contribution in [2.75, 3.05) is 5.32 Å². The lowest BCUT2D eigenvalue weighted by Gasteiger charge is -2.13. The summed E-state index contributed by atoms with van der Waals surface area (Å²) in [7, 11) is 0. The number of alkyl halides is 3. The summed E-state index contributed by atoms with van der Waals surface area (Å²) in [6, 6.07) is 14.9. The third kappa shape index (κ3) is 4.75. The van der Waals surface area contributed by atoms with E-state index < -0.39 is 18.0 Å². The van der Waals surface area contributed by atoms with E-state index in [1.54, 1.807) is 43.3 Å². The maximum Gasteiger partial charge on any atom is 0.573 e. The molecule has 0 aliphatic carbocycles. The van der Waals surface area contributed by atoms with Crippen LogP contribution in [0.1, 0.15) is 15.9 Å². The highest BCUT2D eigenvalue weighted by atomic mass is 19.4. The Labute approximate surface area is 178 Å². The van der Waals surface area contributed by atoms with E-state index >= 15 is 0 Å². The maximum absolute atomic E-state index is 12.6. The van der Waals surface area contributed by atoms with Crippen molar-refractivity contribution in [2.24, 2.45) is 0 Å². The van der Waals surface area contributed by atoms with Gasteiger partial charge in [-0.05, 0) is 48.9 Å². The first-order valence-corrected chi connectivity index (χ1v) is 9.35. The van der Waals surface area contributed by atoms with E-state index in [2.05, 4.69) is 20.0 Å². The quantitative estimate of drug-likeness (QED) is 0.400. The fourth-order valence-corrected chi connectivity index (χ4v) is 3.07. The highest BCUT2D eigenvalue weighted by Gasteiger charge is 2.31. The Kier molecular flexibility index (Phi) is 5.35. The summed E-state index contributed by atoms with van der Waals surface area (Å²) in [4.78, 5) is 29.5. The summed E-state index contributed by atoms with van der Waals surface area (Å²) in [5.41, 5.74) is 1.81. The zero-order valence-corrected chi connectivity index (χ0v) is 16.5. The molecule has 1 heterocycles. The molecule has 4 aromatic rings. The number of nitrogens with one attached hydrogen (secondary N) is 3. The van der Waals surface area contributed by atoms with E-state index in [-0.39, 0.29) is 11.3 Å². The van der Waals surface area contributed by atoms with Crippen molar-refractivity contribution in [1.29, 1.82) is 0 Å². The van der Waals surface area contributed by atoms with Gasteiger partial charge in [-0.1, -0.05) is 18.2 Å². The van der Waals surface area contributed by atoms with Crippen LogP contribution in [0.5, 0.6) is 17.2 Å². The second kappa shape index (κ2) is 8.14. The third-order valence-corrected chi connectivity index (χ3v) is 4.53. The Morgan fingerprint density at radius 2 is 1.75 bits per heavy atom. The number of aromatic amines is 2. The second-order valence-corrected chi connectivity index (χ2v) is 6.87. The monoisotopic (exact) mass is 443 g/mol. The van der Waals surface area contributed by atoms with Gasteiger partial charge in [0.1, 0.15) is 17.0 Å². The minimum Gasteiger partial charge on any atom is -0.455 e. The molecule has 0 spiro atoms. The van der Waals surface area contributed by atoms with Crippen LogP contribution in [0.25, 0.3) is 11.0 Å². The molecular weight excluding hydrogens is 427 g/mol. The number of amides is 1. The molecule has 0 radical (unpaired) electrons. The van der Waals surface area contributed by atoms with E-state index in [0.717, 1.165) is 12.1 Å². The topological polar surface area (TPSA) is 96.2 Å². The second-order valence-electron chi connectivity index (χ2n) is 6.87. The number of benzene rings is 3. The van der Waals surface area contributed by atoms with Crippen LogP contribution >= 0.6 is 0 Å². The fraction of sp³-hybridized carbons (Fsp3) is 0.0909. The molecule has 0 aliphatic heterocycles. The summed E-state index contributed by atoms with van der Waals surface area (Å²) in [6.45, 7) is 1.76. The number of halogens is 3. The molecule has 0 bridgehead atoms. The molecule has 1 amide bonds. The van der Waals surface area contributed by atoms with Crippen LogP contribution in [0.2, 0.25) is 0 Å². The largest absolute Gasteiger partial charge is 0.573 e. The summed E-state index contributed by atoms with van der Waals surface area (Å²) in [5, 5.41) is 2.66. The Morgan fingerprint density at radius 1 is 0.969 bits per heavy atom. The van der Waals surface area contributed by atoms with E-state index in [4.69, 9.17) is 4.74 Å². The zero-order chi connectivity index (χ0) is 22.9. The van der Waals surface area contributed by atoms with E-state index in [1.807, 2.05) is 0 Å². The Morgan fingerprint density at radius 3 is 2.53 bits per heavy atom. The number of hydrogen-bond donors (Lipinski definition) is 3. The van der Waals surface area contributed by atoms with Crippen molar-refractivity contribution in [3.8, 4) is 17.2 Å². The van der Waals surface area contributed by atoms with Crippen LogP contribution in [-0.2, 0) is 0 Å². The maximum atomic E-state index is 12.6. The predicted molar refractivity (Wildman–Crippen MR) is 111 cm³/mol. The summed E-state index contributed by atoms with van der Waals surface area (Å²) >= 11 is 0. The van der Waals surface area contributed by atoms with Crippen molar-refractivity contribution < 1.29 is 27.4 Å². The molecule has 32 heavy (non-hydrogen) atoms. The van der Waals surface area contributed by atoms with Gasteiger partial charge in [-0.15, -0.1) is 13.2 Å². The molecule has 1 aromatic heterocycles. The number of fused-ring (bicyclic) bond motifs is 1. The minimum absolute atomic E-state index is 0.00728. The third-order valence-electron chi connectivity index (χ3n) is 4.53. The van der Waals surface area contributed by atoms with Gasteiger partial charge in [0, 0.05) is 17.3 Å². The number of aryl methyl sites for hydroxylation is 1. The molecule has 4 rings (SSSR count). The molecule has 0 fully saturated rings. The SMILES string of the molecule is Cc1ccc(Oc2cccc3[nH]c(=O)[nH]c23)cc1NC(=O)c1cccc(OC(F)(F)F)c1. The number of rotatable bonds is 5. The average Bonchev–Trinajstić information content (AvgIpc) is 3.10. The van der Waals surface area contributed by atoms with E-state index in [9.17, 15) is 22.8 Å². The molecule has 164 valence electrons. The van der Waals surface area contributed by atoms with Crippen LogP contribution in [-0.4, -0.2) is 22.2 Å². The molecule has 3 N–H and O–H groups in total. The van der Waals surface area contributed by atoms with Gasteiger partial charge in [0.15, 0.2) is 5.75 Å². The van der Waals surface area contributed by atoms with Crippen molar-refractivity contribution in [3.63, 3.8) is 0 Å². The highest BCUT2D eigenvalue weighted by molar-refractivity contribution is 6.05. The standard InChI is InChI=1S/C22H16F3N3O4/c1-12-8-9-14(31-18-7-3-6-16-19(18)28-21(30)27-16)11-17(12)26-20(29)13-4-2-5-15(10-13)32-22(23,24)25/h2-11H,1H3,(H,26,29)(H2,27,28,30). The van der Waals surface area contributed by atoms with Crippen LogP contribution in [0, 0.1) is 6.92 Å². The lowest BCUT2D eigenvalue weighted by atomic mass is 10.1. The van der Waals surface area contributed by atoms with Gasteiger partial charge in [-0.25, -0.2) is 4.79 Å². The molecule has 0 aliphatic rings. The highest BCUT2D eigenvalue weighted by Crippen LogP contribution is 2.30. The number of imidazole rings is 1. The summed E-state index contributed by atoms with van der Waals surface area (Å²) in [5.74, 6) is -0.323. The Hall–Kier alpha value is -4.21. The summed E-state index contributed by atoms with van der Waals surface area (Å²) in [6.07, 6.45) is -4.86. The van der Waals surface area contributed by atoms with Crippen LogP contribution in [0.4, 0.5) is 18.9 Å². The van der Waals surface area contributed by atoms with Crippen LogP contribution < -0.4 is 20.5 Å². The molecule has 7 nitrogen and oxygen atoms in total. The zero-order valence-electron chi connectivity index (χ0n) is 16.5. The number of aromatic nitrogens is 2. The summed E-state index contributed by atoms with van der Waals surface area (Å²) < 4.78 is 47.1. The number of carbonyl (C=O) groups is 1. The normalized spacial score (nSPS) is 11.4. The van der Waals surface area contributed by atoms with E-state index in [0.29, 0.717) is 33.8 Å². The van der Waals surface area contributed by atoms with Gasteiger partial charge in [0.05, 0.1) is 5.52 Å². The van der Waals surface area contributed by atoms with Crippen molar-refractivity contribution in [3.05, 3.63) is 82.3 Å². The number of anilines is 1. The first-order valence-electron chi connectivity index (χ1n) is 9.35. The predicted octanol–water partition coefficient (Wildman–Crippen LogP) is 5.11. The van der Waals surface area contributed by atoms with Crippen molar-refractivity contribution >= 4 is 22.6 Å². The number of H-pyrrole nitrogens is 2. The van der Waals surface area contributed by atoms with Gasteiger partial charge >= 0.3 is 12.1 Å². The van der Waals surface area contributed by atoms with E-state index in [1.165, 1.54) is 12.1 Å². The Balaban J connectivity index is 1.56. The fourth-order valence-electron chi connectivity index (χ4n) is 3.07. The van der Waals surface area contributed by atoms with Gasteiger partial charge in [-0.2, -0.15) is 0 Å². The molecule has 3 aromatic carbocycles. The van der Waals surface area contributed by atoms with Crippen molar-refractivity contribution in [2.45, 2.75) is 13.3 Å². The molecule has 10 heteroatoms.